The molecule has 1 amide bonds. The van der Waals surface area contributed by atoms with Crippen molar-refractivity contribution in [2.75, 3.05) is 11.7 Å². The summed E-state index contributed by atoms with van der Waals surface area (Å²) in [5.41, 5.74) is 2.81. The van der Waals surface area contributed by atoms with Crippen molar-refractivity contribution in [1.82, 2.24) is 0 Å². The molecule has 0 bridgehead atoms. The molecule has 4 rings (SSSR count). The van der Waals surface area contributed by atoms with Crippen LogP contribution in [0.4, 0.5) is 5.69 Å². The number of hydrogen-bond acceptors (Lipinski definition) is 5. The Morgan fingerprint density at radius 2 is 1.88 bits per heavy atom. The van der Waals surface area contributed by atoms with Crippen LogP contribution in [0.15, 0.2) is 47.4 Å². The summed E-state index contributed by atoms with van der Waals surface area (Å²) in [6, 6.07) is 13.3. The van der Waals surface area contributed by atoms with E-state index in [0.29, 0.717) is 15.0 Å². The summed E-state index contributed by atoms with van der Waals surface area (Å²) in [6.45, 7) is 2.24. The van der Waals surface area contributed by atoms with Crippen molar-refractivity contribution in [3.05, 3.63) is 58.5 Å². The number of carbonyl (C=O) groups excluding carboxylic acids is 1. The van der Waals surface area contributed by atoms with Crippen LogP contribution in [0.1, 0.15) is 11.1 Å². The fourth-order valence-electron chi connectivity index (χ4n) is 2.54. The lowest BCUT2D eigenvalue weighted by atomic mass is 10.2. The maximum Gasteiger partial charge on any atom is 0.270 e. The summed E-state index contributed by atoms with van der Waals surface area (Å²) in [4.78, 5) is 14.9. The molecule has 0 aliphatic carbocycles. The molecule has 2 heterocycles. The molecule has 2 aromatic rings. The van der Waals surface area contributed by atoms with E-state index in [1.54, 1.807) is 4.90 Å². The van der Waals surface area contributed by atoms with E-state index in [1.165, 1.54) is 11.8 Å². The number of anilines is 1. The molecule has 0 unspecified atom stereocenters. The van der Waals surface area contributed by atoms with E-state index in [1.807, 2.05) is 55.5 Å². The third-order valence-corrected chi connectivity index (χ3v) is 5.08. The number of benzene rings is 2. The van der Waals surface area contributed by atoms with Crippen LogP contribution in [0.3, 0.4) is 0 Å². The first-order valence-corrected chi connectivity index (χ1v) is 8.58. The molecule has 2 aliphatic rings. The second kappa shape index (κ2) is 5.96. The summed E-state index contributed by atoms with van der Waals surface area (Å²) in [6.07, 6.45) is 1.83. The average molecular weight is 355 g/mol. The van der Waals surface area contributed by atoms with Crippen molar-refractivity contribution >= 4 is 46.0 Å². The highest BCUT2D eigenvalue weighted by Crippen LogP contribution is 2.38. The molecule has 1 fully saturated rings. The Kier molecular flexibility index (Phi) is 3.78. The molecule has 2 aliphatic heterocycles. The Bertz CT molecular complexity index is 874. The number of ether oxygens (including phenoxy) is 2. The lowest BCUT2D eigenvalue weighted by molar-refractivity contribution is -0.113. The van der Waals surface area contributed by atoms with Crippen LogP contribution in [-0.4, -0.2) is 17.0 Å². The minimum atomic E-state index is -0.105. The number of fused-ring (bicyclic) bond motifs is 1. The summed E-state index contributed by atoms with van der Waals surface area (Å²) in [7, 11) is 0. The standard InChI is InChI=1S/C18H13NO3S2/c1-11-2-5-13(6-3-11)19-17(20)16(24-18(19)23)9-12-4-7-14-15(8-12)22-10-21-14/h2-9H,10H2,1H3/b16-9-. The minimum Gasteiger partial charge on any atom is -0.454 e. The van der Waals surface area contributed by atoms with E-state index in [9.17, 15) is 4.79 Å². The first-order chi connectivity index (χ1) is 11.6. The van der Waals surface area contributed by atoms with E-state index in [-0.39, 0.29) is 12.7 Å². The van der Waals surface area contributed by atoms with Crippen LogP contribution in [0.25, 0.3) is 6.08 Å². The number of hydrogen-bond donors (Lipinski definition) is 0. The van der Waals surface area contributed by atoms with Gasteiger partial charge in [-0.3, -0.25) is 9.69 Å². The average Bonchev–Trinajstić information content (AvgIpc) is 3.13. The zero-order valence-electron chi connectivity index (χ0n) is 12.8. The van der Waals surface area contributed by atoms with Gasteiger partial charge in [0, 0.05) is 0 Å². The Balaban J connectivity index is 1.64. The molecular weight excluding hydrogens is 342 g/mol. The van der Waals surface area contributed by atoms with Crippen LogP contribution >= 0.6 is 24.0 Å². The van der Waals surface area contributed by atoms with Crippen LogP contribution in [0.5, 0.6) is 11.5 Å². The first-order valence-electron chi connectivity index (χ1n) is 7.36. The molecule has 6 heteroatoms. The van der Waals surface area contributed by atoms with Gasteiger partial charge in [-0.15, -0.1) is 0 Å². The predicted octanol–water partition coefficient (Wildman–Crippen LogP) is 4.13. The molecule has 0 radical (unpaired) electrons. The number of nitrogens with zero attached hydrogens (tertiary/aromatic N) is 1. The monoisotopic (exact) mass is 355 g/mol. The van der Waals surface area contributed by atoms with E-state index in [0.717, 1.165) is 22.6 Å². The number of thioether (sulfide) groups is 1. The molecular formula is C18H13NO3S2. The normalized spacial score (nSPS) is 17.9. The van der Waals surface area contributed by atoms with Crippen LogP contribution in [-0.2, 0) is 4.79 Å². The highest BCUT2D eigenvalue weighted by Gasteiger charge is 2.33. The quantitative estimate of drug-likeness (QED) is 0.598. The summed E-state index contributed by atoms with van der Waals surface area (Å²) in [5.74, 6) is 1.31. The molecule has 0 aromatic heterocycles. The Hall–Kier alpha value is -2.31. The van der Waals surface area contributed by atoms with Gasteiger partial charge in [-0.25, -0.2) is 0 Å². The topological polar surface area (TPSA) is 38.8 Å². The fourth-order valence-corrected chi connectivity index (χ4v) is 3.84. The molecule has 0 N–H and O–H groups in total. The van der Waals surface area contributed by atoms with Gasteiger partial charge in [-0.2, -0.15) is 0 Å². The van der Waals surface area contributed by atoms with Gasteiger partial charge in [-0.05, 0) is 42.8 Å². The molecule has 24 heavy (non-hydrogen) atoms. The second-order valence-electron chi connectivity index (χ2n) is 5.47. The Morgan fingerprint density at radius 3 is 2.67 bits per heavy atom. The maximum atomic E-state index is 12.7. The van der Waals surface area contributed by atoms with Gasteiger partial charge in [0.2, 0.25) is 6.79 Å². The Morgan fingerprint density at radius 1 is 1.12 bits per heavy atom. The first kappa shape index (κ1) is 15.2. The van der Waals surface area contributed by atoms with Crippen molar-refractivity contribution in [3.8, 4) is 11.5 Å². The van der Waals surface area contributed by atoms with E-state index >= 15 is 0 Å². The molecule has 120 valence electrons. The lowest BCUT2D eigenvalue weighted by Crippen LogP contribution is -2.27. The summed E-state index contributed by atoms with van der Waals surface area (Å²) in [5, 5.41) is 0. The zero-order valence-corrected chi connectivity index (χ0v) is 14.4. The Labute approximate surface area is 149 Å². The SMILES string of the molecule is Cc1ccc(N2C(=O)/C(=C/c3ccc4c(c3)OCO4)SC2=S)cc1. The minimum absolute atomic E-state index is 0.105. The third kappa shape index (κ3) is 2.68. The number of rotatable bonds is 2. The lowest BCUT2D eigenvalue weighted by Gasteiger charge is -2.14. The van der Waals surface area contributed by atoms with Gasteiger partial charge in [-0.1, -0.05) is 47.7 Å². The number of aryl methyl sites for hydroxylation is 1. The smallest absolute Gasteiger partial charge is 0.270 e. The molecule has 0 saturated carbocycles. The molecule has 0 spiro atoms. The van der Waals surface area contributed by atoms with Gasteiger partial charge >= 0.3 is 0 Å². The number of thiocarbonyl (C=S) groups is 1. The van der Waals surface area contributed by atoms with Gasteiger partial charge in [0.25, 0.3) is 5.91 Å². The van der Waals surface area contributed by atoms with Gasteiger partial charge in [0.05, 0.1) is 10.6 Å². The van der Waals surface area contributed by atoms with E-state index in [2.05, 4.69) is 0 Å². The maximum absolute atomic E-state index is 12.7. The van der Waals surface area contributed by atoms with Crippen molar-refractivity contribution in [3.63, 3.8) is 0 Å². The summed E-state index contributed by atoms with van der Waals surface area (Å²) >= 11 is 6.69. The number of carbonyl (C=O) groups is 1. The van der Waals surface area contributed by atoms with Gasteiger partial charge < -0.3 is 9.47 Å². The van der Waals surface area contributed by atoms with Crippen molar-refractivity contribution in [1.29, 1.82) is 0 Å². The van der Waals surface area contributed by atoms with Gasteiger partial charge in [0.1, 0.15) is 0 Å². The highest BCUT2D eigenvalue weighted by molar-refractivity contribution is 8.27. The highest BCUT2D eigenvalue weighted by atomic mass is 32.2. The van der Waals surface area contributed by atoms with Crippen LogP contribution in [0.2, 0.25) is 0 Å². The number of amides is 1. The van der Waals surface area contributed by atoms with Crippen molar-refractivity contribution in [2.45, 2.75) is 6.92 Å². The summed E-state index contributed by atoms with van der Waals surface area (Å²) < 4.78 is 11.2. The van der Waals surface area contributed by atoms with Crippen LogP contribution < -0.4 is 14.4 Å². The fraction of sp³-hybridized carbons (Fsp3) is 0.111. The molecule has 2 aromatic carbocycles. The largest absolute Gasteiger partial charge is 0.454 e. The van der Waals surface area contributed by atoms with E-state index in [4.69, 9.17) is 21.7 Å². The molecule has 1 saturated heterocycles. The molecule has 4 nitrogen and oxygen atoms in total. The zero-order chi connectivity index (χ0) is 16.7. The molecule has 0 atom stereocenters. The van der Waals surface area contributed by atoms with Crippen molar-refractivity contribution in [2.24, 2.45) is 0 Å². The second-order valence-corrected chi connectivity index (χ2v) is 7.14. The van der Waals surface area contributed by atoms with E-state index < -0.39 is 0 Å². The predicted molar refractivity (Wildman–Crippen MR) is 99.4 cm³/mol. The third-order valence-electron chi connectivity index (χ3n) is 3.78. The van der Waals surface area contributed by atoms with Gasteiger partial charge in [0.15, 0.2) is 15.8 Å². The van der Waals surface area contributed by atoms with Crippen molar-refractivity contribution < 1.29 is 14.3 Å². The van der Waals surface area contributed by atoms with Crippen LogP contribution in [0, 0.1) is 6.92 Å².